The van der Waals surface area contributed by atoms with Crippen LogP contribution < -0.4 is 0 Å². The SMILES string of the molecule is CC(CC1CC2(C(C)C)CCC1C2)C1(C)C=CC(C)(F)CC1. The Morgan fingerprint density at radius 2 is 1.77 bits per heavy atom. The van der Waals surface area contributed by atoms with E-state index in [1.807, 2.05) is 6.08 Å². The number of rotatable bonds is 4. The molecule has 22 heavy (non-hydrogen) atoms. The van der Waals surface area contributed by atoms with Crippen LogP contribution >= 0.6 is 0 Å². The molecular weight excluding hydrogens is 271 g/mol. The first-order chi connectivity index (χ1) is 10.2. The molecule has 0 heterocycles. The average Bonchev–Trinajstić information content (AvgIpc) is 3.02. The Labute approximate surface area is 136 Å². The molecule has 0 aromatic heterocycles. The highest BCUT2D eigenvalue weighted by Gasteiger charge is 2.52. The van der Waals surface area contributed by atoms with Crippen LogP contribution in [0.1, 0.15) is 79.6 Å². The van der Waals surface area contributed by atoms with E-state index in [9.17, 15) is 4.39 Å². The second-order valence-electron chi connectivity index (χ2n) is 9.74. The number of halogens is 1. The van der Waals surface area contributed by atoms with Crippen molar-refractivity contribution in [2.45, 2.75) is 85.2 Å². The molecule has 0 N–H and O–H groups in total. The van der Waals surface area contributed by atoms with Crippen LogP contribution in [0.25, 0.3) is 0 Å². The van der Waals surface area contributed by atoms with Crippen LogP contribution in [0, 0.1) is 34.5 Å². The molecule has 0 aromatic carbocycles. The molecule has 0 saturated heterocycles. The van der Waals surface area contributed by atoms with Gasteiger partial charge in [-0.1, -0.05) is 39.8 Å². The summed E-state index contributed by atoms with van der Waals surface area (Å²) in [5, 5.41) is 0. The third-order valence-electron chi connectivity index (χ3n) is 7.99. The molecule has 0 aromatic rings. The lowest BCUT2D eigenvalue weighted by Crippen LogP contribution is -2.33. The second-order valence-corrected chi connectivity index (χ2v) is 9.74. The summed E-state index contributed by atoms with van der Waals surface area (Å²) in [4.78, 5) is 0. The molecule has 126 valence electrons. The molecule has 3 aliphatic carbocycles. The second kappa shape index (κ2) is 5.35. The fourth-order valence-electron chi connectivity index (χ4n) is 5.69. The highest BCUT2D eigenvalue weighted by molar-refractivity contribution is 5.13. The lowest BCUT2D eigenvalue weighted by Gasteiger charge is -2.41. The van der Waals surface area contributed by atoms with Gasteiger partial charge in [0.05, 0.1) is 0 Å². The van der Waals surface area contributed by atoms with E-state index in [2.05, 4.69) is 33.8 Å². The third kappa shape index (κ3) is 2.78. The van der Waals surface area contributed by atoms with Crippen molar-refractivity contribution in [2.75, 3.05) is 0 Å². The highest BCUT2D eigenvalue weighted by Crippen LogP contribution is 2.62. The van der Waals surface area contributed by atoms with Gasteiger partial charge in [0, 0.05) is 0 Å². The van der Waals surface area contributed by atoms with Crippen LogP contribution in [0.5, 0.6) is 0 Å². The molecule has 6 atom stereocenters. The Bertz CT molecular complexity index is 449. The summed E-state index contributed by atoms with van der Waals surface area (Å²) in [6, 6.07) is 0. The molecule has 2 saturated carbocycles. The van der Waals surface area contributed by atoms with Crippen LogP contribution in [-0.2, 0) is 0 Å². The summed E-state index contributed by atoms with van der Waals surface area (Å²) < 4.78 is 14.1. The van der Waals surface area contributed by atoms with Gasteiger partial charge in [0.2, 0.25) is 0 Å². The zero-order valence-electron chi connectivity index (χ0n) is 15.3. The molecule has 0 amide bonds. The van der Waals surface area contributed by atoms with E-state index in [1.54, 1.807) is 6.92 Å². The minimum atomic E-state index is -1.08. The van der Waals surface area contributed by atoms with E-state index in [0.717, 1.165) is 24.2 Å². The molecule has 1 heteroatoms. The monoisotopic (exact) mass is 306 g/mol. The van der Waals surface area contributed by atoms with Gasteiger partial charge in [-0.15, -0.1) is 0 Å². The van der Waals surface area contributed by atoms with E-state index in [-0.39, 0.29) is 5.41 Å². The van der Waals surface area contributed by atoms with Gasteiger partial charge < -0.3 is 0 Å². The van der Waals surface area contributed by atoms with Crippen molar-refractivity contribution in [3.8, 4) is 0 Å². The number of hydrogen-bond donors (Lipinski definition) is 0. The Balaban J connectivity index is 1.65. The predicted octanol–water partition coefficient (Wildman–Crippen LogP) is 6.56. The molecular formula is C21H35F. The fraction of sp³-hybridized carbons (Fsp3) is 0.905. The number of alkyl halides is 1. The van der Waals surface area contributed by atoms with E-state index in [0.29, 0.717) is 17.8 Å². The van der Waals surface area contributed by atoms with E-state index in [1.165, 1.54) is 32.1 Å². The van der Waals surface area contributed by atoms with Crippen LogP contribution in [0.2, 0.25) is 0 Å². The van der Waals surface area contributed by atoms with Gasteiger partial charge in [0.25, 0.3) is 0 Å². The number of allylic oxidation sites excluding steroid dienone is 2. The van der Waals surface area contributed by atoms with Crippen LogP contribution in [-0.4, -0.2) is 5.67 Å². The van der Waals surface area contributed by atoms with Crippen molar-refractivity contribution >= 4 is 0 Å². The average molecular weight is 307 g/mol. The maximum atomic E-state index is 14.1. The summed E-state index contributed by atoms with van der Waals surface area (Å²) in [6.45, 7) is 11.4. The zero-order chi connectivity index (χ0) is 16.2. The first-order valence-corrected chi connectivity index (χ1v) is 9.55. The van der Waals surface area contributed by atoms with E-state index < -0.39 is 5.67 Å². The summed E-state index contributed by atoms with van der Waals surface area (Å²) in [6.07, 6.45) is 13.0. The molecule has 0 nitrogen and oxygen atoms in total. The Morgan fingerprint density at radius 3 is 2.32 bits per heavy atom. The maximum absolute atomic E-state index is 14.1. The first-order valence-electron chi connectivity index (χ1n) is 9.55. The predicted molar refractivity (Wildman–Crippen MR) is 92.5 cm³/mol. The first kappa shape index (κ1) is 16.5. The summed E-state index contributed by atoms with van der Waals surface area (Å²) in [7, 11) is 0. The van der Waals surface area contributed by atoms with Gasteiger partial charge >= 0.3 is 0 Å². The molecule has 3 aliphatic rings. The number of hydrogen-bond acceptors (Lipinski definition) is 0. The van der Waals surface area contributed by atoms with Crippen molar-refractivity contribution in [3.63, 3.8) is 0 Å². The zero-order valence-corrected chi connectivity index (χ0v) is 15.3. The van der Waals surface area contributed by atoms with Crippen molar-refractivity contribution in [1.29, 1.82) is 0 Å². The minimum absolute atomic E-state index is 0.207. The summed E-state index contributed by atoms with van der Waals surface area (Å²) >= 11 is 0. The van der Waals surface area contributed by atoms with Gasteiger partial charge in [-0.25, -0.2) is 4.39 Å². The standard InChI is InChI=1S/C21H35F/c1-15(2)21-7-6-17(13-21)18(14-21)12-16(3)19(4)8-10-20(5,22)11-9-19/h8,10,15-18H,6-7,9,11-14H2,1-5H3. The van der Waals surface area contributed by atoms with Crippen molar-refractivity contribution in [2.24, 2.45) is 34.5 Å². The van der Waals surface area contributed by atoms with Crippen molar-refractivity contribution in [3.05, 3.63) is 12.2 Å². The molecule has 0 radical (unpaired) electrons. The topological polar surface area (TPSA) is 0 Å². The van der Waals surface area contributed by atoms with Gasteiger partial charge in [0.1, 0.15) is 5.67 Å². The van der Waals surface area contributed by atoms with Crippen LogP contribution in [0.4, 0.5) is 4.39 Å². The minimum Gasteiger partial charge on any atom is -0.240 e. The van der Waals surface area contributed by atoms with E-state index in [4.69, 9.17) is 0 Å². The molecule has 2 bridgehead atoms. The maximum Gasteiger partial charge on any atom is 0.126 e. The normalized spacial score (nSPS) is 49.0. The van der Waals surface area contributed by atoms with Gasteiger partial charge in [0.15, 0.2) is 0 Å². The molecule has 2 fully saturated rings. The van der Waals surface area contributed by atoms with Gasteiger partial charge in [-0.3, -0.25) is 0 Å². The van der Waals surface area contributed by atoms with E-state index >= 15 is 0 Å². The fourth-order valence-corrected chi connectivity index (χ4v) is 5.69. The lowest BCUT2D eigenvalue weighted by molar-refractivity contribution is 0.115. The van der Waals surface area contributed by atoms with Crippen molar-refractivity contribution in [1.82, 2.24) is 0 Å². The summed E-state index contributed by atoms with van der Waals surface area (Å²) in [5.41, 5.74) is -0.207. The van der Waals surface area contributed by atoms with Gasteiger partial charge in [-0.05, 0) is 86.4 Å². The van der Waals surface area contributed by atoms with Crippen molar-refractivity contribution < 1.29 is 4.39 Å². The lowest BCUT2D eigenvalue weighted by atomic mass is 9.64. The smallest absolute Gasteiger partial charge is 0.126 e. The summed E-state index contributed by atoms with van der Waals surface area (Å²) in [5.74, 6) is 3.42. The molecule has 3 rings (SSSR count). The molecule has 0 spiro atoms. The quantitative estimate of drug-likeness (QED) is 0.516. The molecule has 0 aliphatic heterocycles. The largest absolute Gasteiger partial charge is 0.240 e. The van der Waals surface area contributed by atoms with Gasteiger partial charge in [-0.2, -0.15) is 0 Å². The Morgan fingerprint density at radius 1 is 1.05 bits per heavy atom. The van der Waals surface area contributed by atoms with Crippen LogP contribution in [0.3, 0.4) is 0 Å². The highest BCUT2D eigenvalue weighted by atomic mass is 19.1. The Kier molecular flexibility index (Phi) is 4.02. The molecule has 6 unspecified atom stereocenters. The Hall–Kier alpha value is -0.330. The number of fused-ring (bicyclic) bond motifs is 2. The third-order valence-corrected chi connectivity index (χ3v) is 7.99. The van der Waals surface area contributed by atoms with Crippen LogP contribution in [0.15, 0.2) is 12.2 Å².